The average molecular weight is 351 g/mol. The van der Waals surface area contributed by atoms with E-state index in [-0.39, 0.29) is 5.91 Å². The monoisotopic (exact) mass is 351 g/mol. The minimum absolute atomic E-state index is 0.220. The minimum Gasteiger partial charge on any atom is -0.368 e. The molecule has 1 saturated heterocycles. The van der Waals surface area contributed by atoms with E-state index in [1.807, 2.05) is 4.90 Å². The van der Waals surface area contributed by atoms with E-state index in [0.717, 1.165) is 38.4 Å². The standard InChI is InChI=1S/C22H29N3O/c1-4-23(20-9-5-7-18(2)15-20)17-22(26)25-13-11-24(12-14-25)21-10-6-8-19(3)16-21/h5-10,15-16H,4,11-14,17H2,1-3H3. The predicted octanol–water partition coefficient (Wildman–Crippen LogP) is 3.48. The number of benzene rings is 2. The fourth-order valence-electron chi connectivity index (χ4n) is 3.51. The highest BCUT2D eigenvalue weighted by atomic mass is 16.2. The van der Waals surface area contributed by atoms with Gasteiger partial charge in [-0.05, 0) is 56.2 Å². The lowest BCUT2D eigenvalue weighted by molar-refractivity contribution is -0.130. The molecule has 1 aliphatic heterocycles. The van der Waals surface area contributed by atoms with Gasteiger partial charge in [-0.2, -0.15) is 0 Å². The van der Waals surface area contributed by atoms with Crippen LogP contribution in [-0.2, 0) is 4.79 Å². The summed E-state index contributed by atoms with van der Waals surface area (Å²) in [4.78, 5) is 19.3. The van der Waals surface area contributed by atoms with Gasteiger partial charge in [-0.3, -0.25) is 4.79 Å². The van der Waals surface area contributed by atoms with Crippen LogP contribution >= 0.6 is 0 Å². The molecule has 0 unspecified atom stereocenters. The normalized spacial score (nSPS) is 14.4. The Labute approximate surface area is 157 Å². The molecule has 4 nitrogen and oxygen atoms in total. The Morgan fingerprint density at radius 2 is 1.62 bits per heavy atom. The molecule has 0 radical (unpaired) electrons. The number of hydrogen-bond acceptors (Lipinski definition) is 3. The summed E-state index contributed by atoms with van der Waals surface area (Å²) in [5.74, 6) is 0.220. The smallest absolute Gasteiger partial charge is 0.242 e. The molecule has 0 aromatic heterocycles. The van der Waals surface area contributed by atoms with Crippen molar-refractivity contribution >= 4 is 17.3 Å². The van der Waals surface area contributed by atoms with E-state index in [1.54, 1.807) is 0 Å². The first-order chi connectivity index (χ1) is 12.6. The molecule has 26 heavy (non-hydrogen) atoms. The maximum atomic E-state index is 12.8. The second kappa shape index (κ2) is 8.26. The van der Waals surface area contributed by atoms with Gasteiger partial charge in [0.15, 0.2) is 0 Å². The highest BCUT2D eigenvalue weighted by Crippen LogP contribution is 2.19. The molecule has 4 heteroatoms. The van der Waals surface area contributed by atoms with E-state index in [2.05, 4.69) is 79.1 Å². The van der Waals surface area contributed by atoms with Crippen molar-refractivity contribution in [2.24, 2.45) is 0 Å². The van der Waals surface area contributed by atoms with Crippen molar-refractivity contribution < 1.29 is 4.79 Å². The Hall–Kier alpha value is -2.49. The predicted molar refractivity (Wildman–Crippen MR) is 109 cm³/mol. The van der Waals surface area contributed by atoms with Gasteiger partial charge in [0.05, 0.1) is 6.54 Å². The number of rotatable bonds is 5. The Morgan fingerprint density at radius 3 is 2.23 bits per heavy atom. The first-order valence-electron chi connectivity index (χ1n) is 9.48. The summed E-state index contributed by atoms with van der Waals surface area (Å²) >= 11 is 0. The van der Waals surface area contributed by atoms with Crippen LogP contribution in [0.4, 0.5) is 11.4 Å². The zero-order valence-corrected chi connectivity index (χ0v) is 16.1. The molecule has 0 atom stereocenters. The van der Waals surface area contributed by atoms with Gasteiger partial charge in [0.25, 0.3) is 0 Å². The minimum atomic E-state index is 0.220. The highest BCUT2D eigenvalue weighted by molar-refractivity contribution is 5.81. The Kier molecular flexibility index (Phi) is 5.82. The average Bonchev–Trinajstić information content (AvgIpc) is 2.66. The molecule has 1 aliphatic rings. The van der Waals surface area contributed by atoms with Crippen LogP contribution in [0.3, 0.4) is 0 Å². The van der Waals surface area contributed by atoms with Crippen LogP contribution in [0.15, 0.2) is 48.5 Å². The van der Waals surface area contributed by atoms with Crippen LogP contribution in [0.5, 0.6) is 0 Å². The van der Waals surface area contributed by atoms with Crippen molar-refractivity contribution in [1.29, 1.82) is 0 Å². The second-order valence-corrected chi connectivity index (χ2v) is 7.06. The van der Waals surface area contributed by atoms with Crippen LogP contribution in [0.1, 0.15) is 18.1 Å². The van der Waals surface area contributed by atoms with Crippen molar-refractivity contribution in [3.8, 4) is 0 Å². The molecule has 138 valence electrons. The maximum Gasteiger partial charge on any atom is 0.242 e. The van der Waals surface area contributed by atoms with Crippen molar-refractivity contribution in [2.75, 3.05) is 49.1 Å². The Morgan fingerprint density at radius 1 is 0.962 bits per heavy atom. The Balaban J connectivity index is 1.57. The molecule has 1 fully saturated rings. The summed E-state index contributed by atoms with van der Waals surface area (Å²) in [5.41, 5.74) is 4.88. The quantitative estimate of drug-likeness (QED) is 0.825. The first kappa shape index (κ1) is 18.3. The molecule has 3 rings (SSSR count). The molecule has 0 spiro atoms. The summed E-state index contributed by atoms with van der Waals surface area (Å²) in [6.45, 7) is 11.0. The van der Waals surface area contributed by atoms with E-state index in [9.17, 15) is 4.79 Å². The van der Waals surface area contributed by atoms with Crippen molar-refractivity contribution in [3.63, 3.8) is 0 Å². The molecule has 1 amide bonds. The van der Waals surface area contributed by atoms with Gasteiger partial charge in [-0.25, -0.2) is 0 Å². The summed E-state index contributed by atoms with van der Waals surface area (Å²) in [5, 5.41) is 0. The molecule has 0 bridgehead atoms. The largest absolute Gasteiger partial charge is 0.368 e. The number of hydrogen-bond donors (Lipinski definition) is 0. The van der Waals surface area contributed by atoms with Crippen molar-refractivity contribution in [2.45, 2.75) is 20.8 Å². The molecule has 2 aromatic rings. The summed E-state index contributed by atoms with van der Waals surface area (Å²) in [6.07, 6.45) is 0. The van der Waals surface area contributed by atoms with Gasteiger partial charge < -0.3 is 14.7 Å². The number of likely N-dealkylation sites (N-methyl/N-ethyl adjacent to an activating group) is 1. The van der Waals surface area contributed by atoms with Crippen molar-refractivity contribution in [1.82, 2.24) is 4.90 Å². The van der Waals surface area contributed by atoms with E-state index in [1.165, 1.54) is 16.8 Å². The zero-order valence-electron chi connectivity index (χ0n) is 16.1. The maximum absolute atomic E-state index is 12.8. The Bertz CT molecular complexity index is 751. The van der Waals surface area contributed by atoms with E-state index < -0.39 is 0 Å². The third-order valence-corrected chi connectivity index (χ3v) is 5.07. The van der Waals surface area contributed by atoms with Crippen LogP contribution < -0.4 is 9.80 Å². The number of aryl methyl sites for hydroxylation is 2. The topological polar surface area (TPSA) is 26.8 Å². The third-order valence-electron chi connectivity index (χ3n) is 5.07. The highest BCUT2D eigenvalue weighted by Gasteiger charge is 2.22. The number of nitrogens with zero attached hydrogens (tertiary/aromatic N) is 3. The SMILES string of the molecule is CCN(CC(=O)N1CCN(c2cccc(C)c2)CC1)c1cccc(C)c1. The van der Waals surface area contributed by atoms with Crippen LogP contribution in [-0.4, -0.2) is 50.1 Å². The summed E-state index contributed by atoms with van der Waals surface area (Å²) in [6, 6.07) is 17.0. The summed E-state index contributed by atoms with van der Waals surface area (Å²) < 4.78 is 0. The van der Waals surface area contributed by atoms with Gasteiger partial charge in [0, 0.05) is 44.1 Å². The van der Waals surface area contributed by atoms with Crippen LogP contribution in [0, 0.1) is 13.8 Å². The van der Waals surface area contributed by atoms with Crippen molar-refractivity contribution in [3.05, 3.63) is 59.7 Å². The number of carbonyl (C=O) groups is 1. The fourth-order valence-corrected chi connectivity index (χ4v) is 3.51. The number of amides is 1. The van der Waals surface area contributed by atoms with Gasteiger partial charge in [0.2, 0.25) is 5.91 Å². The first-order valence-corrected chi connectivity index (χ1v) is 9.48. The second-order valence-electron chi connectivity index (χ2n) is 7.06. The summed E-state index contributed by atoms with van der Waals surface area (Å²) in [7, 11) is 0. The molecular formula is C22H29N3O. The van der Waals surface area contributed by atoms with E-state index in [0.29, 0.717) is 6.54 Å². The van der Waals surface area contributed by atoms with Crippen LogP contribution in [0.25, 0.3) is 0 Å². The van der Waals surface area contributed by atoms with Gasteiger partial charge in [-0.15, -0.1) is 0 Å². The molecule has 0 saturated carbocycles. The number of anilines is 2. The number of carbonyl (C=O) groups excluding carboxylic acids is 1. The van der Waals surface area contributed by atoms with E-state index in [4.69, 9.17) is 0 Å². The molecule has 0 aliphatic carbocycles. The zero-order chi connectivity index (χ0) is 18.5. The lowest BCUT2D eigenvalue weighted by Gasteiger charge is -2.37. The van der Waals surface area contributed by atoms with Gasteiger partial charge in [-0.1, -0.05) is 24.3 Å². The molecule has 1 heterocycles. The van der Waals surface area contributed by atoms with E-state index >= 15 is 0 Å². The third kappa shape index (κ3) is 4.37. The van der Waals surface area contributed by atoms with Crippen LogP contribution in [0.2, 0.25) is 0 Å². The lowest BCUT2D eigenvalue weighted by atomic mass is 10.2. The lowest BCUT2D eigenvalue weighted by Crippen LogP contribution is -2.51. The molecular weight excluding hydrogens is 322 g/mol. The molecule has 0 N–H and O–H groups in total. The van der Waals surface area contributed by atoms with Gasteiger partial charge in [0.1, 0.15) is 0 Å². The molecule has 2 aromatic carbocycles. The number of piperazine rings is 1. The van der Waals surface area contributed by atoms with Gasteiger partial charge >= 0.3 is 0 Å². The fraction of sp³-hybridized carbons (Fsp3) is 0.409.